The summed E-state index contributed by atoms with van der Waals surface area (Å²) in [5, 5.41) is 10.5. The normalized spacial score (nSPS) is 17.5. The Morgan fingerprint density at radius 1 is 1.35 bits per heavy atom. The Balaban J connectivity index is 1.99. The Bertz CT molecular complexity index is 525. The molecule has 1 aliphatic carbocycles. The number of benzene rings is 1. The average Bonchev–Trinajstić information content (AvgIpc) is 3.09. The molecule has 0 saturated heterocycles. The molecule has 1 fully saturated rings. The standard InChI is InChI=1S/C15H19NO/c1-11(10-17)14-5-4-13-6-7-16(15(13)8-14)9-12-2-3-12/h4-8,11-12,17H,2-3,9-10H2,1H3. The van der Waals surface area contributed by atoms with Gasteiger partial charge in [0.1, 0.15) is 0 Å². The van der Waals surface area contributed by atoms with E-state index in [0.717, 1.165) is 12.5 Å². The van der Waals surface area contributed by atoms with Crippen LogP contribution in [0, 0.1) is 5.92 Å². The van der Waals surface area contributed by atoms with Crippen molar-refractivity contribution in [3.05, 3.63) is 36.0 Å². The lowest BCUT2D eigenvalue weighted by Gasteiger charge is -2.10. The van der Waals surface area contributed by atoms with Crippen molar-refractivity contribution in [3.8, 4) is 0 Å². The zero-order valence-corrected chi connectivity index (χ0v) is 10.3. The molecule has 0 spiro atoms. The van der Waals surface area contributed by atoms with E-state index in [-0.39, 0.29) is 12.5 Å². The van der Waals surface area contributed by atoms with Crippen molar-refractivity contribution in [2.45, 2.75) is 32.2 Å². The van der Waals surface area contributed by atoms with Gasteiger partial charge in [-0.25, -0.2) is 0 Å². The zero-order chi connectivity index (χ0) is 11.8. The summed E-state index contributed by atoms with van der Waals surface area (Å²) in [6, 6.07) is 8.72. The van der Waals surface area contributed by atoms with Crippen LogP contribution in [-0.2, 0) is 6.54 Å². The van der Waals surface area contributed by atoms with E-state index in [2.05, 4.69) is 42.0 Å². The maximum Gasteiger partial charge on any atom is 0.0497 e. The lowest BCUT2D eigenvalue weighted by atomic mass is 10.0. The van der Waals surface area contributed by atoms with Gasteiger partial charge in [-0.3, -0.25) is 0 Å². The minimum absolute atomic E-state index is 0.217. The van der Waals surface area contributed by atoms with Crippen LogP contribution in [0.2, 0.25) is 0 Å². The number of fused-ring (bicyclic) bond motifs is 1. The van der Waals surface area contributed by atoms with Gasteiger partial charge in [0.2, 0.25) is 0 Å². The van der Waals surface area contributed by atoms with E-state index < -0.39 is 0 Å². The highest BCUT2D eigenvalue weighted by molar-refractivity contribution is 5.81. The van der Waals surface area contributed by atoms with Crippen LogP contribution < -0.4 is 0 Å². The highest BCUT2D eigenvalue weighted by Gasteiger charge is 2.22. The fourth-order valence-electron chi connectivity index (χ4n) is 2.35. The van der Waals surface area contributed by atoms with Crippen molar-refractivity contribution in [2.75, 3.05) is 6.61 Å². The number of aliphatic hydroxyl groups is 1. The van der Waals surface area contributed by atoms with Crippen molar-refractivity contribution >= 4 is 10.9 Å². The predicted octanol–water partition coefficient (Wildman–Crippen LogP) is 3.15. The second-order valence-corrected chi connectivity index (χ2v) is 5.31. The maximum absolute atomic E-state index is 9.23. The molecule has 2 heteroatoms. The molecule has 0 aliphatic heterocycles. The molecule has 1 N–H and O–H groups in total. The minimum atomic E-state index is 0.217. The fraction of sp³-hybridized carbons (Fsp3) is 0.467. The van der Waals surface area contributed by atoms with E-state index >= 15 is 0 Å². The van der Waals surface area contributed by atoms with E-state index in [1.807, 2.05) is 0 Å². The summed E-state index contributed by atoms with van der Waals surface area (Å²) in [6.45, 7) is 3.44. The van der Waals surface area contributed by atoms with Crippen LogP contribution in [0.25, 0.3) is 10.9 Å². The smallest absolute Gasteiger partial charge is 0.0497 e. The Morgan fingerprint density at radius 3 is 2.88 bits per heavy atom. The van der Waals surface area contributed by atoms with Gasteiger partial charge in [-0.05, 0) is 41.8 Å². The number of aliphatic hydroxyl groups excluding tert-OH is 1. The fourth-order valence-corrected chi connectivity index (χ4v) is 2.35. The van der Waals surface area contributed by atoms with Gasteiger partial charge in [0.25, 0.3) is 0 Å². The molecule has 1 aromatic carbocycles. The number of hydrogen-bond donors (Lipinski definition) is 1. The van der Waals surface area contributed by atoms with Crippen LogP contribution in [-0.4, -0.2) is 16.3 Å². The summed E-state index contributed by atoms with van der Waals surface area (Å²) < 4.78 is 2.36. The van der Waals surface area contributed by atoms with Gasteiger partial charge in [-0.1, -0.05) is 19.1 Å². The quantitative estimate of drug-likeness (QED) is 0.856. The van der Waals surface area contributed by atoms with E-state index in [1.54, 1.807) is 0 Å². The first-order chi connectivity index (χ1) is 8.28. The first-order valence-corrected chi connectivity index (χ1v) is 6.47. The predicted molar refractivity (Wildman–Crippen MR) is 70.2 cm³/mol. The molecule has 90 valence electrons. The summed E-state index contributed by atoms with van der Waals surface area (Å²) in [5.74, 6) is 1.12. The van der Waals surface area contributed by atoms with Gasteiger partial charge in [-0.15, -0.1) is 0 Å². The monoisotopic (exact) mass is 229 g/mol. The third-order valence-corrected chi connectivity index (χ3v) is 3.79. The Kier molecular flexibility index (Phi) is 2.67. The molecule has 3 rings (SSSR count). The third kappa shape index (κ3) is 2.09. The molecule has 1 aliphatic rings. The SMILES string of the molecule is CC(CO)c1ccc2ccn(CC3CC3)c2c1. The number of aromatic nitrogens is 1. The van der Waals surface area contributed by atoms with Gasteiger partial charge in [0.15, 0.2) is 0 Å². The van der Waals surface area contributed by atoms with Crippen molar-refractivity contribution in [3.63, 3.8) is 0 Å². The Hall–Kier alpha value is -1.28. The van der Waals surface area contributed by atoms with Crippen LogP contribution in [0.1, 0.15) is 31.2 Å². The van der Waals surface area contributed by atoms with E-state index in [9.17, 15) is 5.11 Å². The van der Waals surface area contributed by atoms with Gasteiger partial charge in [0, 0.05) is 30.8 Å². The van der Waals surface area contributed by atoms with Crippen molar-refractivity contribution in [2.24, 2.45) is 5.92 Å². The van der Waals surface area contributed by atoms with Crippen molar-refractivity contribution in [1.82, 2.24) is 4.57 Å². The molecule has 17 heavy (non-hydrogen) atoms. The Labute approximate surface area is 102 Å². The van der Waals surface area contributed by atoms with Gasteiger partial charge in [0.05, 0.1) is 0 Å². The molecule has 1 heterocycles. The summed E-state index contributed by atoms with van der Waals surface area (Å²) in [7, 11) is 0. The highest BCUT2D eigenvalue weighted by Crippen LogP contribution is 2.32. The number of nitrogens with zero attached hydrogens (tertiary/aromatic N) is 1. The van der Waals surface area contributed by atoms with Gasteiger partial charge >= 0.3 is 0 Å². The highest BCUT2D eigenvalue weighted by atomic mass is 16.3. The van der Waals surface area contributed by atoms with E-state index in [0.29, 0.717) is 0 Å². The molecule has 2 nitrogen and oxygen atoms in total. The van der Waals surface area contributed by atoms with Crippen molar-refractivity contribution < 1.29 is 5.11 Å². The van der Waals surface area contributed by atoms with E-state index in [4.69, 9.17) is 0 Å². The molecular weight excluding hydrogens is 210 g/mol. The van der Waals surface area contributed by atoms with Crippen LogP contribution in [0.4, 0.5) is 0 Å². The minimum Gasteiger partial charge on any atom is -0.396 e. The molecule has 0 amide bonds. The second-order valence-electron chi connectivity index (χ2n) is 5.31. The molecule has 1 aromatic heterocycles. The third-order valence-electron chi connectivity index (χ3n) is 3.79. The van der Waals surface area contributed by atoms with Gasteiger partial charge in [-0.2, -0.15) is 0 Å². The number of rotatable bonds is 4. The van der Waals surface area contributed by atoms with E-state index in [1.165, 1.54) is 29.3 Å². The number of hydrogen-bond acceptors (Lipinski definition) is 1. The average molecular weight is 229 g/mol. The molecule has 1 unspecified atom stereocenters. The lowest BCUT2D eigenvalue weighted by molar-refractivity contribution is 0.273. The molecule has 0 radical (unpaired) electrons. The van der Waals surface area contributed by atoms with Crippen LogP contribution >= 0.6 is 0 Å². The lowest BCUT2D eigenvalue weighted by Crippen LogP contribution is -2.01. The zero-order valence-electron chi connectivity index (χ0n) is 10.3. The largest absolute Gasteiger partial charge is 0.396 e. The molecule has 0 bridgehead atoms. The summed E-state index contributed by atoms with van der Waals surface area (Å²) >= 11 is 0. The van der Waals surface area contributed by atoms with Crippen LogP contribution in [0.3, 0.4) is 0 Å². The van der Waals surface area contributed by atoms with Gasteiger partial charge < -0.3 is 9.67 Å². The molecule has 2 aromatic rings. The van der Waals surface area contributed by atoms with Crippen molar-refractivity contribution in [1.29, 1.82) is 0 Å². The molecular formula is C15H19NO. The maximum atomic E-state index is 9.23. The Morgan fingerprint density at radius 2 is 2.18 bits per heavy atom. The van der Waals surface area contributed by atoms with Crippen LogP contribution in [0.15, 0.2) is 30.5 Å². The first kappa shape index (κ1) is 10.8. The summed E-state index contributed by atoms with van der Waals surface area (Å²) in [6.07, 6.45) is 4.95. The molecule has 1 saturated carbocycles. The topological polar surface area (TPSA) is 25.2 Å². The second kappa shape index (κ2) is 4.19. The summed E-state index contributed by atoms with van der Waals surface area (Å²) in [5.41, 5.74) is 2.55. The van der Waals surface area contributed by atoms with Crippen LogP contribution in [0.5, 0.6) is 0 Å². The first-order valence-electron chi connectivity index (χ1n) is 6.47. The molecule has 1 atom stereocenters. The summed E-state index contributed by atoms with van der Waals surface area (Å²) in [4.78, 5) is 0.